The van der Waals surface area contributed by atoms with E-state index in [1.807, 2.05) is 37.3 Å². The number of aryl methyl sites for hydroxylation is 1. The molecule has 0 spiro atoms. The highest BCUT2D eigenvalue weighted by molar-refractivity contribution is 9.10. The van der Waals surface area contributed by atoms with Crippen LogP contribution in [0.5, 0.6) is 0 Å². The molecule has 2 heterocycles. The molecule has 6 nitrogen and oxygen atoms in total. The van der Waals surface area contributed by atoms with Crippen LogP contribution in [0.4, 0.5) is 0 Å². The molecular formula is C16H13BrN4O2. The number of H-pyrrole nitrogens is 1. The molecule has 0 aliphatic rings. The quantitative estimate of drug-likeness (QED) is 0.542. The first kappa shape index (κ1) is 15.2. The molecule has 116 valence electrons. The van der Waals surface area contributed by atoms with E-state index in [0.717, 1.165) is 21.5 Å². The summed E-state index contributed by atoms with van der Waals surface area (Å²) in [4.78, 5) is 11.8. The fraction of sp³-hybridized carbons (Fsp3) is 0.0625. The summed E-state index contributed by atoms with van der Waals surface area (Å²) < 4.78 is 6.65. The molecule has 0 fully saturated rings. The molecule has 7 heteroatoms. The molecule has 0 saturated carbocycles. The van der Waals surface area contributed by atoms with E-state index in [0.29, 0.717) is 5.76 Å². The Morgan fingerprint density at radius 3 is 2.96 bits per heavy atom. The van der Waals surface area contributed by atoms with E-state index in [1.54, 1.807) is 12.1 Å². The van der Waals surface area contributed by atoms with Gasteiger partial charge in [0.25, 0.3) is 5.91 Å². The first-order valence-electron chi connectivity index (χ1n) is 6.83. The summed E-state index contributed by atoms with van der Waals surface area (Å²) >= 11 is 3.42. The molecule has 0 bridgehead atoms. The zero-order valence-electron chi connectivity index (χ0n) is 12.2. The van der Waals surface area contributed by atoms with Crippen molar-refractivity contribution in [1.29, 1.82) is 0 Å². The number of amides is 1. The topological polar surface area (TPSA) is 83.3 Å². The fourth-order valence-corrected chi connectivity index (χ4v) is 2.36. The van der Waals surface area contributed by atoms with Crippen LogP contribution in [0.25, 0.3) is 11.3 Å². The summed E-state index contributed by atoms with van der Waals surface area (Å²) in [6.07, 6.45) is 1.44. The van der Waals surface area contributed by atoms with Gasteiger partial charge in [0.05, 0.1) is 6.21 Å². The second kappa shape index (κ2) is 6.62. The number of hydrogen-bond donors (Lipinski definition) is 2. The summed E-state index contributed by atoms with van der Waals surface area (Å²) in [6, 6.07) is 13.1. The predicted octanol–water partition coefficient (Wildman–Crippen LogP) is 3.50. The molecule has 2 N–H and O–H groups in total. The van der Waals surface area contributed by atoms with Crippen LogP contribution in [0.1, 0.15) is 21.9 Å². The minimum Gasteiger partial charge on any atom is -0.455 e. The standard InChI is InChI=1S/C16H13BrN4O2/c1-10-7-14(20-19-10)16(22)21-18-9-13-5-6-15(23-13)11-3-2-4-12(17)8-11/h2-9H,1H3,(H,19,20)(H,21,22)/b18-9+. The van der Waals surface area contributed by atoms with Crippen molar-refractivity contribution >= 4 is 28.1 Å². The van der Waals surface area contributed by atoms with Crippen LogP contribution in [0.2, 0.25) is 0 Å². The number of aromatic amines is 1. The van der Waals surface area contributed by atoms with Crippen LogP contribution in [0.15, 0.2) is 56.5 Å². The third-order valence-electron chi connectivity index (χ3n) is 3.03. The smallest absolute Gasteiger partial charge is 0.291 e. The molecule has 23 heavy (non-hydrogen) atoms. The predicted molar refractivity (Wildman–Crippen MR) is 90.2 cm³/mol. The number of carbonyl (C=O) groups is 1. The third kappa shape index (κ3) is 3.75. The first-order valence-corrected chi connectivity index (χ1v) is 7.62. The van der Waals surface area contributed by atoms with E-state index >= 15 is 0 Å². The van der Waals surface area contributed by atoms with E-state index in [9.17, 15) is 4.79 Å². The van der Waals surface area contributed by atoms with E-state index in [-0.39, 0.29) is 11.6 Å². The monoisotopic (exact) mass is 372 g/mol. The van der Waals surface area contributed by atoms with Gasteiger partial charge >= 0.3 is 0 Å². The molecule has 0 unspecified atom stereocenters. The maximum absolute atomic E-state index is 11.8. The summed E-state index contributed by atoms with van der Waals surface area (Å²) in [5, 5.41) is 10.4. The molecule has 0 aliphatic heterocycles. The van der Waals surface area contributed by atoms with Gasteiger partial charge in [-0.25, -0.2) is 5.43 Å². The van der Waals surface area contributed by atoms with Gasteiger partial charge in [0.15, 0.2) is 5.69 Å². The number of hydrogen-bond acceptors (Lipinski definition) is 4. The highest BCUT2D eigenvalue weighted by atomic mass is 79.9. The molecular weight excluding hydrogens is 360 g/mol. The van der Waals surface area contributed by atoms with Crippen molar-refractivity contribution in [2.45, 2.75) is 6.92 Å². The van der Waals surface area contributed by atoms with Gasteiger partial charge in [-0.1, -0.05) is 28.1 Å². The number of nitrogens with one attached hydrogen (secondary N) is 2. The fourth-order valence-electron chi connectivity index (χ4n) is 1.97. The zero-order chi connectivity index (χ0) is 16.2. The van der Waals surface area contributed by atoms with Crippen molar-refractivity contribution in [3.63, 3.8) is 0 Å². The number of aromatic nitrogens is 2. The van der Waals surface area contributed by atoms with Crippen molar-refractivity contribution < 1.29 is 9.21 Å². The maximum atomic E-state index is 11.8. The lowest BCUT2D eigenvalue weighted by Crippen LogP contribution is -2.17. The van der Waals surface area contributed by atoms with Crippen molar-refractivity contribution in [3.05, 3.63) is 64.1 Å². The lowest BCUT2D eigenvalue weighted by molar-refractivity contribution is 0.0950. The van der Waals surface area contributed by atoms with Gasteiger partial charge in [-0.3, -0.25) is 9.89 Å². The van der Waals surface area contributed by atoms with Gasteiger partial charge < -0.3 is 4.42 Å². The van der Waals surface area contributed by atoms with Gasteiger partial charge in [0.2, 0.25) is 0 Å². The Balaban J connectivity index is 1.66. The average molecular weight is 373 g/mol. The van der Waals surface area contributed by atoms with Crippen molar-refractivity contribution in [1.82, 2.24) is 15.6 Å². The van der Waals surface area contributed by atoms with Crippen LogP contribution in [0.3, 0.4) is 0 Å². The van der Waals surface area contributed by atoms with Crippen molar-refractivity contribution in [3.8, 4) is 11.3 Å². The summed E-state index contributed by atoms with van der Waals surface area (Å²) in [5.74, 6) is 0.879. The van der Waals surface area contributed by atoms with Crippen LogP contribution < -0.4 is 5.43 Å². The number of nitrogens with zero attached hydrogens (tertiary/aromatic N) is 2. The van der Waals surface area contributed by atoms with Crippen LogP contribution in [0, 0.1) is 6.92 Å². The second-order valence-corrected chi connectivity index (χ2v) is 5.76. The highest BCUT2D eigenvalue weighted by Gasteiger charge is 2.08. The Morgan fingerprint density at radius 1 is 1.35 bits per heavy atom. The van der Waals surface area contributed by atoms with Gasteiger partial charge in [-0.2, -0.15) is 10.2 Å². The minimum atomic E-state index is -0.385. The van der Waals surface area contributed by atoms with Crippen LogP contribution in [-0.4, -0.2) is 22.3 Å². The molecule has 3 aromatic rings. The largest absolute Gasteiger partial charge is 0.455 e. The summed E-state index contributed by atoms with van der Waals surface area (Å²) in [6.45, 7) is 1.82. The molecule has 0 saturated heterocycles. The molecule has 3 rings (SSSR count). The molecule has 0 atom stereocenters. The molecule has 0 radical (unpaired) electrons. The Bertz CT molecular complexity index is 866. The van der Waals surface area contributed by atoms with Gasteiger partial charge in [0, 0.05) is 15.7 Å². The Labute approximate surface area is 140 Å². The van der Waals surface area contributed by atoms with Gasteiger partial charge in [-0.15, -0.1) is 0 Å². The summed E-state index contributed by atoms with van der Waals surface area (Å²) in [7, 11) is 0. The first-order chi connectivity index (χ1) is 11.1. The van der Waals surface area contributed by atoms with Gasteiger partial charge in [0.1, 0.15) is 11.5 Å². The highest BCUT2D eigenvalue weighted by Crippen LogP contribution is 2.24. The number of halogens is 1. The number of rotatable bonds is 4. The van der Waals surface area contributed by atoms with Crippen molar-refractivity contribution in [2.24, 2.45) is 5.10 Å². The van der Waals surface area contributed by atoms with Gasteiger partial charge in [-0.05, 0) is 37.3 Å². The number of benzene rings is 1. The zero-order valence-corrected chi connectivity index (χ0v) is 13.8. The van der Waals surface area contributed by atoms with E-state index in [2.05, 4.69) is 36.7 Å². The molecule has 2 aromatic heterocycles. The molecule has 0 aliphatic carbocycles. The van der Waals surface area contributed by atoms with E-state index < -0.39 is 0 Å². The van der Waals surface area contributed by atoms with Crippen LogP contribution in [-0.2, 0) is 0 Å². The average Bonchev–Trinajstić information content (AvgIpc) is 3.16. The van der Waals surface area contributed by atoms with Crippen LogP contribution >= 0.6 is 15.9 Å². The normalized spacial score (nSPS) is 11.0. The SMILES string of the molecule is Cc1cc(C(=O)N/N=C/c2ccc(-c3cccc(Br)c3)o2)n[nH]1. The third-order valence-corrected chi connectivity index (χ3v) is 3.53. The Hall–Kier alpha value is -2.67. The lowest BCUT2D eigenvalue weighted by atomic mass is 10.2. The number of carbonyl (C=O) groups excluding carboxylic acids is 1. The van der Waals surface area contributed by atoms with Crippen molar-refractivity contribution in [2.75, 3.05) is 0 Å². The molecule has 1 aromatic carbocycles. The number of furan rings is 1. The van der Waals surface area contributed by atoms with E-state index in [1.165, 1.54) is 6.21 Å². The maximum Gasteiger partial charge on any atom is 0.291 e. The Morgan fingerprint density at radius 2 is 2.22 bits per heavy atom. The second-order valence-electron chi connectivity index (χ2n) is 4.85. The Kier molecular flexibility index (Phi) is 4.38. The van der Waals surface area contributed by atoms with E-state index in [4.69, 9.17) is 4.42 Å². The number of hydrazone groups is 1. The minimum absolute atomic E-state index is 0.286. The molecule has 1 amide bonds. The summed E-state index contributed by atoms with van der Waals surface area (Å²) in [5.41, 5.74) is 4.45. The lowest BCUT2D eigenvalue weighted by Gasteiger charge is -1.97.